The lowest BCUT2D eigenvalue weighted by Crippen LogP contribution is -2.12. The average molecular weight is 417 g/mol. The van der Waals surface area contributed by atoms with Crippen LogP contribution in [0, 0.1) is 24.0 Å². The molecule has 4 rings (SSSR count). The van der Waals surface area contributed by atoms with Crippen molar-refractivity contribution in [2.45, 2.75) is 13.8 Å². The number of fused-ring (bicyclic) bond motifs is 1. The lowest BCUT2D eigenvalue weighted by Gasteiger charge is -2.06. The van der Waals surface area contributed by atoms with Crippen LogP contribution >= 0.6 is 0 Å². The number of nitrogens with one attached hydrogen (secondary N) is 1. The van der Waals surface area contributed by atoms with Crippen molar-refractivity contribution in [1.82, 2.24) is 4.98 Å². The highest BCUT2D eigenvalue weighted by atomic mass is 16.6. The first kappa shape index (κ1) is 20.1. The molecule has 0 spiro atoms. The van der Waals surface area contributed by atoms with Gasteiger partial charge in [-0.05, 0) is 56.3 Å². The van der Waals surface area contributed by atoms with E-state index in [4.69, 9.17) is 9.15 Å². The molecule has 8 heteroatoms. The Morgan fingerprint density at radius 2 is 1.81 bits per heavy atom. The van der Waals surface area contributed by atoms with Crippen LogP contribution in [0.15, 0.2) is 59.0 Å². The van der Waals surface area contributed by atoms with Gasteiger partial charge in [-0.25, -0.2) is 4.98 Å². The van der Waals surface area contributed by atoms with Gasteiger partial charge in [0.25, 0.3) is 5.91 Å². The molecular formula is C23H19N3O5. The molecule has 0 radical (unpaired) electrons. The molecule has 4 aromatic rings. The predicted octanol–water partition coefficient (Wildman–Crippen LogP) is 5.28. The van der Waals surface area contributed by atoms with Gasteiger partial charge in [0.2, 0.25) is 5.89 Å². The maximum atomic E-state index is 12.6. The summed E-state index contributed by atoms with van der Waals surface area (Å²) in [5, 5.41) is 13.9. The largest absolute Gasteiger partial charge is 0.490 e. The maximum Gasteiger partial charge on any atom is 0.311 e. The summed E-state index contributed by atoms with van der Waals surface area (Å²) in [6, 6.07) is 15.2. The molecular weight excluding hydrogens is 398 g/mol. The highest BCUT2D eigenvalue weighted by molar-refractivity contribution is 6.05. The standard InChI is InChI=1S/C23H19N3O5/c1-13-8-14(2)10-16(9-13)23-25-18-12-17(5-7-20(18)31-23)24-22(27)15-4-6-21(30-3)19(11-15)26(28)29/h4-12H,1-3H3,(H,24,27). The summed E-state index contributed by atoms with van der Waals surface area (Å²) >= 11 is 0. The topological polar surface area (TPSA) is 108 Å². The second kappa shape index (κ2) is 7.91. The van der Waals surface area contributed by atoms with E-state index in [-0.39, 0.29) is 17.0 Å². The molecule has 156 valence electrons. The van der Waals surface area contributed by atoms with Gasteiger partial charge in [0.05, 0.1) is 12.0 Å². The number of carbonyl (C=O) groups is 1. The molecule has 1 heterocycles. The fourth-order valence-electron chi connectivity index (χ4n) is 3.40. The molecule has 0 bridgehead atoms. The zero-order valence-electron chi connectivity index (χ0n) is 17.1. The Labute approximate surface area is 177 Å². The summed E-state index contributed by atoms with van der Waals surface area (Å²) < 4.78 is 10.8. The van der Waals surface area contributed by atoms with E-state index >= 15 is 0 Å². The highest BCUT2D eigenvalue weighted by Crippen LogP contribution is 2.29. The molecule has 1 N–H and O–H groups in total. The number of hydrogen-bond donors (Lipinski definition) is 1. The minimum atomic E-state index is -0.592. The molecule has 0 atom stereocenters. The van der Waals surface area contributed by atoms with Crippen LogP contribution in [0.25, 0.3) is 22.6 Å². The van der Waals surface area contributed by atoms with E-state index in [0.29, 0.717) is 22.7 Å². The van der Waals surface area contributed by atoms with Crippen LogP contribution in [0.1, 0.15) is 21.5 Å². The van der Waals surface area contributed by atoms with E-state index < -0.39 is 10.8 Å². The van der Waals surface area contributed by atoms with E-state index in [9.17, 15) is 14.9 Å². The first-order chi connectivity index (χ1) is 14.8. The first-order valence-corrected chi connectivity index (χ1v) is 9.47. The van der Waals surface area contributed by atoms with Crippen LogP contribution in [-0.2, 0) is 0 Å². The van der Waals surface area contributed by atoms with Crippen LogP contribution in [0.5, 0.6) is 5.75 Å². The molecule has 0 unspecified atom stereocenters. The number of aromatic nitrogens is 1. The van der Waals surface area contributed by atoms with E-state index in [1.54, 1.807) is 18.2 Å². The average Bonchev–Trinajstić information content (AvgIpc) is 3.16. The highest BCUT2D eigenvalue weighted by Gasteiger charge is 2.18. The van der Waals surface area contributed by atoms with Crippen molar-refractivity contribution in [2.75, 3.05) is 12.4 Å². The normalized spacial score (nSPS) is 10.8. The minimum Gasteiger partial charge on any atom is -0.490 e. The fraction of sp³-hybridized carbons (Fsp3) is 0.130. The lowest BCUT2D eigenvalue weighted by atomic mass is 10.1. The van der Waals surface area contributed by atoms with Gasteiger partial charge >= 0.3 is 5.69 Å². The van der Waals surface area contributed by atoms with Crippen LogP contribution in [0.4, 0.5) is 11.4 Å². The van der Waals surface area contributed by atoms with E-state index in [1.807, 2.05) is 26.0 Å². The van der Waals surface area contributed by atoms with Crippen molar-refractivity contribution in [3.05, 3.63) is 81.4 Å². The Kier molecular flexibility index (Phi) is 5.12. The Morgan fingerprint density at radius 3 is 2.48 bits per heavy atom. The second-order valence-electron chi connectivity index (χ2n) is 7.18. The molecule has 3 aromatic carbocycles. The van der Waals surface area contributed by atoms with Gasteiger partial charge in [-0.3, -0.25) is 14.9 Å². The molecule has 31 heavy (non-hydrogen) atoms. The van der Waals surface area contributed by atoms with Gasteiger partial charge in [0, 0.05) is 22.9 Å². The van der Waals surface area contributed by atoms with Gasteiger partial charge in [-0.15, -0.1) is 0 Å². The number of amides is 1. The number of carbonyl (C=O) groups excluding carboxylic acids is 1. The van der Waals surface area contributed by atoms with Gasteiger partial charge in [-0.2, -0.15) is 0 Å². The summed E-state index contributed by atoms with van der Waals surface area (Å²) in [7, 11) is 1.33. The van der Waals surface area contributed by atoms with E-state index in [2.05, 4.69) is 16.4 Å². The number of nitro groups is 1. The number of nitro benzene ring substituents is 1. The molecule has 8 nitrogen and oxygen atoms in total. The summed E-state index contributed by atoms with van der Waals surface area (Å²) in [5.74, 6) is 0.101. The van der Waals surface area contributed by atoms with Crippen molar-refractivity contribution in [1.29, 1.82) is 0 Å². The number of ether oxygens (including phenoxy) is 1. The van der Waals surface area contributed by atoms with Crippen LogP contribution in [0.3, 0.4) is 0 Å². The summed E-state index contributed by atoms with van der Waals surface area (Å²) in [5.41, 5.74) is 4.64. The molecule has 1 aromatic heterocycles. The van der Waals surface area contributed by atoms with Crippen LogP contribution in [0.2, 0.25) is 0 Å². The Balaban J connectivity index is 1.61. The second-order valence-corrected chi connectivity index (χ2v) is 7.18. The van der Waals surface area contributed by atoms with Crippen molar-refractivity contribution in [2.24, 2.45) is 0 Å². The van der Waals surface area contributed by atoms with Crippen molar-refractivity contribution in [3.63, 3.8) is 0 Å². The van der Waals surface area contributed by atoms with Gasteiger partial charge in [0.15, 0.2) is 11.3 Å². The smallest absolute Gasteiger partial charge is 0.311 e. The molecule has 0 aliphatic rings. The molecule has 1 amide bonds. The SMILES string of the molecule is COc1ccc(C(=O)Nc2ccc3oc(-c4cc(C)cc(C)c4)nc3c2)cc1[N+](=O)[O-]. The number of aryl methyl sites for hydroxylation is 2. The van der Waals surface area contributed by atoms with Crippen molar-refractivity contribution in [3.8, 4) is 17.2 Å². The monoisotopic (exact) mass is 417 g/mol. The summed E-state index contributed by atoms with van der Waals surface area (Å²) in [6.07, 6.45) is 0. The van der Waals surface area contributed by atoms with Crippen molar-refractivity contribution >= 4 is 28.4 Å². The third-order valence-corrected chi connectivity index (χ3v) is 4.75. The van der Waals surface area contributed by atoms with E-state index in [1.165, 1.54) is 25.3 Å². The van der Waals surface area contributed by atoms with Crippen LogP contribution < -0.4 is 10.1 Å². The number of oxazole rings is 1. The number of benzene rings is 3. The Morgan fingerprint density at radius 1 is 1.06 bits per heavy atom. The summed E-state index contributed by atoms with van der Waals surface area (Å²) in [6.45, 7) is 4.02. The molecule has 0 aliphatic carbocycles. The van der Waals surface area contributed by atoms with Gasteiger partial charge in [0.1, 0.15) is 5.52 Å². The number of anilines is 1. The first-order valence-electron chi connectivity index (χ1n) is 9.47. The molecule has 0 aliphatic heterocycles. The number of rotatable bonds is 5. The third kappa shape index (κ3) is 4.09. The van der Waals surface area contributed by atoms with Crippen LogP contribution in [-0.4, -0.2) is 22.9 Å². The predicted molar refractivity (Wildman–Crippen MR) is 117 cm³/mol. The van der Waals surface area contributed by atoms with Gasteiger partial charge < -0.3 is 14.5 Å². The van der Waals surface area contributed by atoms with Crippen molar-refractivity contribution < 1.29 is 18.9 Å². The van der Waals surface area contributed by atoms with E-state index in [0.717, 1.165) is 16.7 Å². The zero-order valence-corrected chi connectivity index (χ0v) is 17.1. The quantitative estimate of drug-likeness (QED) is 0.350. The molecule has 0 saturated carbocycles. The number of nitrogens with zero attached hydrogens (tertiary/aromatic N) is 2. The lowest BCUT2D eigenvalue weighted by molar-refractivity contribution is -0.385. The Bertz CT molecular complexity index is 1310. The summed E-state index contributed by atoms with van der Waals surface area (Å²) in [4.78, 5) is 27.8. The number of methoxy groups -OCH3 is 1. The maximum absolute atomic E-state index is 12.6. The Hall–Kier alpha value is -4.20. The fourth-order valence-corrected chi connectivity index (χ4v) is 3.40. The zero-order chi connectivity index (χ0) is 22.1. The van der Waals surface area contributed by atoms with Gasteiger partial charge in [-0.1, -0.05) is 17.2 Å². The third-order valence-electron chi connectivity index (χ3n) is 4.75. The molecule has 0 fully saturated rings. The number of hydrogen-bond acceptors (Lipinski definition) is 6. The minimum absolute atomic E-state index is 0.0875. The molecule has 0 saturated heterocycles.